The summed E-state index contributed by atoms with van der Waals surface area (Å²) in [6.07, 6.45) is 0. The maximum absolute atomic E-state index is 14.5. The molecular formula is C20H18FN3O2S. The number of amides is 1. The Bertz CT molecular complexity index is 1000. The van der Waals surface area contributed by atoms with Gasteiger partial charge < -0.3 is 10.1 Å². The van der Waals surface area contributed by atoms with Crippen LogP contribution in [0.3, 0.4) is 0 Å². The molecule has 1 amide bonds. The second-order valence-electron chi connectivity index (χ2n) is 6.22. The van der Waals surface area contributed by atoms with Gasteiger partial charge in [0.15, 0.2) is 0 Å². The number of ether oxygens (including phenoxy) is 1. The monoisotopic (exact) mass is 383 g/mol. The van der Waals surface area contributed by atoms with Crippen LogP contribution in [-0.4, -0.2) is 28.6 Å². The lowest BCUT2D eigenvalue weighted by Gasteiger charge is -2.16. The first-order valence-electron chi connectivity index (χ1n) is 8.48. The van der Waals surface area contributed by atoms with E-state index in [0.29, 0.717) is 11.4 Å². The molecule has 138 valence electrons. The number of nitrogens with one attached hydrogen (secondary N) is 1. The normalized spacial score (nSPS) is 16.4. The average Bonchev–Trinajstić information content (AvgIpc) is 2.88. The fraction of sp³-hybridized carbons (Fsp3) is 0.200. The largest absolute Gasteiger partial charge is 0.497 e. The van der Waals surface area contributed by atoms with Crippen molar-refractivity contribution >= 4 is 23.5 Å². The van der Waals surface area contributed by atoms with E-state index in [9.17, 15) is 9.18 Å². The number of carbonyl (C=O) groups excluding carboxylic acids is 1. The Hall–Kier alpha value is -2.80. The van der Waals surface area contributed by atoms with E-state index in [1.54, 1.807) is 23.9 Å². The Kier molecular flexibility index (Phi) is 4.61. The zero-order valence-corrected chi connectivity index (χ0v) is 15.7. The highest BCUT2D eigenvalue weighted by Crippen LogP contribution is 2.44. The molecule has 2 aromatic carbocycles. The third-order valence-corrected chi connectivity index (χ3v) is 5.76. The number of halogens is 1. The molecular weight excluding hydrogens is 365 g/mol. The molecule has 0 saturated carbocycles. The number of benzene rings is 2. The summed E-state index contributed by atoms with van der Waals surface area (Å²) < 4.78 is 21.4. The van der Waals surface area contributed by atoms with Crippen LogP contribution in [0.1, 0.15) is 22.1 Å². The van der Waals surface area contributed by atoms with Crippen LogP contribution in [0, 0.1) is 12.7 Å². The Morgan fingerprint density at radius 3 is 2.67 bits per heavy atom. The predicted octanol–water partition coefficient (Wildman–Crippen LogP) is 4.10. The van der Waals surface area contributed by atoms with Gasteiger partial charge >= 0.3 is 0 Å². The smallest absolute Gasteiger partial charge is 0.235 e. The Balaban J connectivity index is 1.87. The van der Waals surface area contributed by atoms with E-state index in [0.717, 1.165) is 22.7 Å². The summed E-state index contributed by atoms with van der Waals surface area (Å²) in [4.78, 5) is 12.3. The molecule has 1 aliphatic rings. The van der Waals surface area contributed by atoms with Gasteiger partial charge in [0.2, 0.25) is 5.91 Å². The number of hydrogen-bond acceptors (Lipinski definition) is 4. The molecule has 0 aliphatic carbocycles. The number of anilines is 1. The summed E-state index contributed by atoms with van der Waals surface area (Å²) in [7, 11) is 1.61. The van der Waals surface area contributed by atoms with Crippen molar-refractivity contribution in [1.82, 2.24) is 9.78 Å². The Morgan fingerprint density at radius 1 is 1.22 bits per heavy atom. The fourth-order valence-electron chi connectivity index (χ4n) is 3.23. The van der Waals surface area contributed by atoms with Crippen LogP contribution in [0.25, 0.3) is 5.69 Å². The molecule has 27 heavy (non-hydrogen) atoms. The average molecular weight is 383 g/mol. The maximum Gasteiger partial charge on any atom is 0.235 e. The lowest BCUT2D eigenvalue weighted by molar-refractivity contribution is -0.113. The van der Waals surface area contributed by atoms with Gasteiger partial charge in [-0.3, -0.25) is 4.79 Å². The molecule has 0 fully saturated rings. The molecule has 0 bridgehead atoms. The minimum atomic E-state index is -0.313. The van der Waals surface area contributed by atoms with Gasteiger partial charge in [0.25, 0.3) is 0 Å². The van der Waals surface area contributed by atoms with Crippen molar-refractivity contribution in [2.75, 3.05) is 18.2 Å². The quantitative estimate of drug-likeness (QED) is 0.740. The van der Waals surface area contributed by atoms with Gasteiger partial charge in [0.1, 0.15) is 17.4 Å². The van der Waals surface area contributed by atoms with Crippen molar-refractivity contribution < 1.29 is 13.9 Å². The highest BCUT2D eigenvalue weighted by atomic mass is 32.2. The van der Waals surface area contributed by atoms with Crippen LogP contribution in [0.5, 0.6) is 5.75 Å². The number of rotatable bonds is 3. The van der Waals surface area contributed by atoms with E-state index >= 15 is 0 Å². The molecule has 5 nitrogen and oxygen atoms in total. The number of aryl methyl sites for hydroxylation is 1. The minimum Gasteiger partial charge on any atom is -0.497 e. The Morgan fingerprint density at radius 2 is 1.96 bits per heavy atom. The zero-order chi connectivity index (χ0) is 19.0. The van der Waals surface area contributed by atoms with Crippen molar-refractivity contribution in [2.45, 2.75) is 12.2 Å². The topological polar surface area (TPSA) is 56.1 Å². The molecule has 1 N–H and O–H groups in total. The molecule has 0 saturated heterocycles. The molecule has 0 spiro atoms. The van der Waals surface area contributed by atoms with Gasteiger partial charge in [-0.25, -0.2) is 9.07 Å². The third-order valence-electron chi connectivity index (χ3n) is 4.51. The molecule has 0 radical (unpaired) electrons. The van der Waals surface area contributed by atoms with Crippen molar-refractivity contribution in [3.05, 3.63) is 71.2 Å². The number of thioether (sulfide) groups is 1. The number of nitrogens with zero attached hydrogens (tertiary/aromatic N) is 2. The van der Waals surface area contributed by atoms with Crippen LogP contribution >= 0.6 is 11.8 Å². The van der Waals surface area contributed by atoms with E-state index < -0.39 is 0 Å². The summed E-state index contributed by atoms with van der Waals surface area (Å²) in [5, 5.41) is 7.26. The lowest BCUT2D eigenvalue weighted by atomic mass is 10.0. The summed E-state index contributed by atoms with van der Waals surface area (Å²) in [5.74, 6) is 1.15. The molecule has 4 rings (SSSR count). The van der Waals surface area contributed by atoms with Crippen LogP contribution in [0.4, 0.5) is 10.2 Å². The van der Waals surface area contributed by atoms with E-state index in [1.165, 1.54) is 17.8 Å². The van der Waals surface area contributed by atoms with Gasteiger partial charge in [0, 0.05) is 11.1 Å². The first-order chi connectivity index (χ1) is 13.1. The summed E-state index contributed by atoms with van der Waals surface area (Å²) in [5.41, 5.74) is 2.92. The van der Waals surface area contributed by atoms with Crippen molar-refractivity contribution in [3.63, 3.8) is 0 Å². The van der Waals surface area contributed by atoms with E-state index in [4.69, 9.17) is 4.74 Å². The second-order valence-corrected chi connectivity index (χ2v) is 7.31. The van der Waals surface area contributed by atoms with E-state index in [-0.39, 0.29) is 22.7 Å². The molecule has 3 aromatic rings. The van der Waals surface area contributed by atoms with E-state index in [1.807, 2.05) is 37.3 Å². The molecule has 2 heterocycles. The number of aromatic nitrogens is 2. The first kappa shape index (κ1) is 17.6. The van der Waals surface area contributed by atoms with Gasteiger partial charge in [-0.15, -0.1) is 11.8 Å². The highest BCUT2D eigenvalue weighted by Gasteiger charge is 2.31. The minimum absolute atomic E-state index is 0.130. The maximum atomic E-state index is 14.5. The fourth-order valence-corrected chi connectivity index (χ4v) is 4.44. The zero-order valence-electron chi connectivity index (χ0n) is 14.9. The molecule has 1 aliphatic heterocycles. The molecule has 7 heteroatoms. The van der Waals surface area contributed by atoms with Crippen molar-refractivity contribution in [1.29, 1.82) is 0 Å². The second kappa shape index (κ2) is 7.08. The summed E-state index contributed by atoms with van der Waals surface area (Å²) in [6.45, 7) is 1.88. The van der Waals surface area contributed by atoms with Gasteiger partial charge in [-0.2, -0.15) is 5.10 Å². The molecule has 1 aromatic heterocycles. The number of fused-ring (bicyclic) bond motifs is 1. The van der Waals surface area contributed by atoms with Crippen LogP contribution < -0.4 is 10.1 Å². The SMILES string of the molecule is COc1ccc(-n2nc(C)c3c2NC(=O)CS[C@H]3c2ccccc2F)cc1. The standard InChI is InChI=1S/C20H18FN3O2S/c1-12-18-19(15-5-3-4-6-16(15)21)27-11-17(25)22-20(18)24(23-12)13-7-9-14(26-2)10-8-13/h3-10,19H,11H2,1-2H3,(H,22,25)/t19-/m0/s1. The first-order valence-corrected chi connectivity index (χ1v) is 9.53. The van der Waals surface area contributed by atoms with Gasteiger partial charge in [-0.1, -0.05) is 18.2 Å². The third kappa shape index (κ3) is 3.19. The lowest BCUT2D eigenvalue weighted by Crippen LogP contribution is -2.15. The van der Waals surface area contributed by atoms with E-state index in [2.05, 4.69) is 10.4 Å². The van der Waals surface area contributed by atoms with Crippen molar-refractivity contribution in [2.24, 2.45) is 0 Å². The summed E-state index contributed by atoms with van der Waals surface area (Å²) >= 11 is 1.41. The number of hydrogen-bond donors (Lipinski definition) is 1. The van der Waals surface area contributed by atoms with Gasteiger partial charge in [-0.05, 0) is 37.3 Å². The predicted molar refractivity (Wildman–Crippen MR) is 104 cm³/mol. The highest BCUT2D eigenvalue weighted by molar-refractivity contribution is 8.00. The van der Waals surface area contributed by atoms with Crippen LogP contribution in [0.2, 0.25) is 0 Å². The number of carbonyl (C=O) groups is 1. The van der Waals surface area contributed by atoms with Crippen LogP contribution in [0.15, 0.2) is 48.5 Å². The summed E-state index contributed by atoms with van der Waals surface area (Å²) in [6, 6.07) is 14.1. The van der Waals surface area contributed by atoms with Crippen molar-refractivity contribution in [3.8, 4) is 11.4 Å². The molecule has 0 unspecified atom stereocenters. The van der Waals surface area contributed by atoms with Gasteiger partial charge in [0.05, 0.1) is 29.5 Å². The molecule has 1 atom stereocenters. The Labute approximate surface area is 160 Å². The van der Waals surface area contributed by atoms with Crippen LogP contribution in [-0.2, 0) is 4.79 Å². The number of methoxy groups -OCH3 is 1.